The van der Waals surface area contributed by atoms with Crippen molar-refractivity contribution in [2.75, 3.05) is 11.1 Å². The van der Waals surface area contributed by atoms with Crippen molar-refractivity contribution in [2.45, 2.75) is 30.0 Å². The van der Waals surface area contributed by atoms with Gasteiger partial charge in [0.15, 0.2) is 10.1 Å². The van der Waals surface area contributed by atoms with Gasteiger partial charge in [-0.05, 0) is 31.0 Å². The Morgan fingerprint density at radius 1 is 1.06 bits per heavy atom. The number of aromatic nitrogens is 1. The molecule has 160 valence electrons. The molecule has 1 amide bonds. The number of hydrogen-bond acceptors (Lipinski definition) is 6. The molecule has 0 radical (unpaired) electrons. The second-order valence-corrected chi connectivity index (χ2v) is 9.82. The van der Waals surface area contributed by atoms with Gasteiger partial charge in [0.25, 0.3) is 0 Å². The number of Topliss-reactive ketones (excluding diaryl/α,β-unsaturated/α-hetero) is 1. The zero-order valence-corrected chi connectivity index (χ0v) is 18.4. The molecule has 0 unspecified atom stereocenters. The minimum Gasteiger partial charge on any atom is -0.481 e. The fourth-order valence-electron chi connectivity index (χ4n) is 3.85. The van der Waals surface area contributed by atoms with E-state index in [1.54, 1.807) is 18.2 Å². The van der Waals surface area contributed by atoms with Crippen molar-refractivity contribution in [2.24, 2.45) is 11.8 Å². The van der Waals surface area contributed by atoms with Gasteiger partial charge in [0.05, 0.1) is 27.8 Å². The van der Waals surface area contributed by atoms with E-state index in [0.29, 0.717) is 29.8 Å². The molecule has 8 heteroatoms. The molecule has 0 aliphatic heterocycles. The van der Waals surface area contributed by atoms with Crippen LogP contribution in [0.25, 0.3) is 10.2 Å². The number of anilines is 1. The van der Waals surface area contributed by atoms with Crippen molar-refractivity contribution >= 4 is 56.7 Å². The minimum absolute atomic E-state index is 0.0540. The summed E-state index contributed by atoms with van der Waals surface area (Å²) in [6.07, 6.45) is 2.87. The number of nitrogens with one attached hydrogen (secondary N) is 1. The summed E-state index contributed by atoms with van der Waals surface area (Å²) in [5.74, 6) is -1.89. The number of nitrogens with zero attached hydrogens (tertiary/aromatic N) is 1. The van der Waals surface area contributed by atoms with Crippen LogP contribution in [0.3, 0.4) is 0 Å². The first-order valence-corrected chi connectivity index (χ1v) is 12.0. The lowest BCUT2D eigenvalue weighted by molar-refractivity contribution is -0.147. The van der Waals surface area contributed by atoms with Gasteiger partial charge in [-0.15, -0.1) is 11.3 Å². The maximum absolute atomic E-state index is 12.7. The van der Waals surface area contributed by atoms with Crippen LogP contribution in [0.2, 0.25) is 0 Å². The predicted molar refractivity (Wildman–Crippen MR) is 123 cm³/mol. The monoisotopic (exact) mass is 454 g/mol. The Hall–Kier alpha value is -2.71. The molecular weight excluding hydrogens is 432 g/mol. The zero-order chi connectivity index (χ0) is 21.8. The number of hydrogen-bond donors (Lipinski definition) is 2. The fourth-order valence-corrected chi connectivity index (χ4v) is 5.86. The molecule has 0 saturated heterocycles. The van der Waals surface area contributed by atoms with Crippen molar-refractivity contribution in [1.82, 2.24) is 4.98 Å². The van der Waals surface area contributed by atoms with E-state index in [1.807, 2.05) is 30.3 Å². The van der Waals surface area contributed by atoms with E-state index < -0.39 is 17.8 Å². The first-order valence-electron chi connectivity index (χ1n) is 10.2. The van der Waals surface area contributed by atoms with E-state index in [1.165, 1.54) is 23.1 Å². The SMILES string of the molecule is O=C(CSc1nc2ccc(NC(=O)[C@@H]3CCCC[C@H]3C(=O)O)cc2s1)c1ccccc1. The standard InChI is InChI=1S/C23H22N2O4S2/c26-19(14-6-2-1-3-7-14)13-30-23-25-18-11-10-15(12-20(18)31-23)24-21(27)16-8-4-5-9-17(16)22(28)29/h1-3,6-7,10-12,16-17H,4-5,8-9,13H2,(H,24,27)(H,28,29)/t16-,17-/m1/s1. The van der Waals surface area contributed by atoms with E-state index in [9.17, 15) is 19.5 Å². The Kier molecular flexibility index (Phi) is 6.67. The number of carbonyl (C=O) groups excluding carboxylic acids is 2. The molecule has 2 atom stereocenters. The third kappa shape index (κ3) is 5.14. The number of ketones is 1. The highest BCUT2D eigenvalue weighted by Crippen LogP contribution is 2.34. The average molecular weight is 455 g/mol. The van der Waals surface area contributed by atoms with Gasteiger partial charge in [-0.2, -0.15) is 0 Å². The normalized spacial score (nSPS) is 18.6. The number of carbonyl (C=O) groups is 3. The highest BCUT2D eigenvalue weighted by molar-refractivity contribution is 8.01. The van der Waals surface area contributed by atoms with Gasteiger partial charge in [-0.25, -0.2) is 4.98 Å². The maximum Gasteiger partial charge on any atom is 0.307 e. The second kappa shape index (κ2) is 9.62. The Morgan fingerprint density at radius 3 is 2.55 bits per heavy atom. The van der Waals surface area contributed by atoms with Crippen molar-refractivity contribution in [3.05, 3.63) is 54.1 Å². The quantitative estimate of drug-likeness (QED) is 0.381. The summed E-state index contributed by atoms with van der Waals surface area (Å²) >= 11 is 2.87. The molecule has 1 aromatic heterocycles. The van der Waals surface area contributed by atoms with Gasteiger partial charge in [0.2, 0.25) is 5.91 Å². The highest BCUT2D eigenvalue weighted by Gasteiger charge is 2.35. The van der Waals surface area contributed by atoms with Crippen LogP contribution in [0.15, 0.2) is 52.9 Å². The van der Waals surface area contributed by atoms with Crippen molar-refractivity contribution in [3.8, 4) is 0 Å². The lowest BCUT2D eigenvalue weighted by Crippen LogP contribution is -2.36. The van der Waals surface area contributed by atoms with Crippen LogP contribution in [-0.4, -0.2) is 33.5 Å². The zero-order valence-electron chi connectivity index (χ0n) is 16.7. The Labute approximate surface area is 188 Å². The summed E-state index contributed by atoms with van der Waals surface area (Å²) in [6, 6.07) is 14.6. The van der Waals surface area contributed by atoms with Gasteiger partial charge in [-0.1, -0.05) is 54.9 Å². The van der Waals surface area contributed by atoms with E-state index in [-0.39, 0.29) is 11.7 Å². The largest absolute Gasteiger partial charge is 0.481 e. The molecule has 0 spiro atoms. The first-order chi connectivity index (χ1) is 15.0. The van der Waals surface area contributed by atoms with E-state index in [4.69, 9.17) is 0 Å². The van der Waals surface area contributed by atoms with Crippen LogP contribution in [-0.2, 0) is 9.59 Å². The van der Waals surface area contributed by atoms with Crippen LogP contribution in [0.4, 0.5) is 5.69 Å². The Balaban J connectivity index is 1.42. The molecule has 0 bridgehead atoms. The number of thiazole rings is 1. The molecule has 1 fully saturated rings. The van der Waals surface area contributed by atoms with Crippen LogP contribution >= 0.6 is 23.1 Å². The van der Waals surface area contributed by atoms with Crippen molar-refractivity contribution in [1.29, 1.82) is 0 Å². The maximum atomic E-state index is 12.7. The van der Waals surface area contributed by atoms with Crippen LogP contribution in [0.5, 0.6) is 0 Å². The number of amides is 1. The average Bonchev–Trinajstić information content (AvgIpc) is 3.20. The van der Waals surface area contributed by atoms with Crippen LogP contribution in [0.1, 0.15) is 36.0 Å². The summed E-state index contributed by atoms with van der Waals surface area (Å²) in [6.45, 7) is 0. The Bertz CT molecular complexity index is 1110. The summed E-state index contributed by atoms with van der Waals surface area (Å²) < 4.78 is 1.70. The second-order valence-electron chi connectivity index (χ2n) is 7.57. The van der Waals surface area contributed by atoms with Gasteiger partial charge in [-0.3, -0.25) is 14.4 Å². The van der Waals surface area contributed by atoms with E-state index in [0.717, 1.165) is 27.4 Å². The van der Waals surface area contributed by atoms with Gasteiger partial charge < -0.3 is 10.4 Å². The minimum atomic E-state index is -0.899. The summed E-state index contributed by atoms with van der Waals surface area (Å²) in [4.78, 5) is 41.1. The number of thioether (sulfide) groups is 1. The summed E-state index contributed by atoms with van der Waals surface area (Å²) in [5, 5.41) is 12.3. The first kappa shape index (κ1) is 21.5. The molecule has 31 heavy (non-hydrogen) atoms. The number of carboxylic acids is 1. The predicted octanol–water partition coefficient (Wildman–Crippen LogP) is 5.10. The summed E-state index contributed by atoms with van der Waals surface area (Å²) in [7, 11) is 0. The fraction of sp³-hybridized carbons (Fsp3) is 0.304. The van der Waals surface area contributed by atoms with Gasteiger partial charge in [0.1, 0.15) is 0 Å². The van der Waals surface area contributed by atoms with Crippen molar-refractivity contribution in [3.63, 3.8) is 0 Å². The van der Waals surface area contributed by atoms with Crippen LogP contribution < -0.4 is 5.32 Å². The topological polar surface area (TPSA) is 96.4 Å². The van der Waals surface area contributed by atoms with Crippen LogP contribution in [0, 0.1) is 11.8 Å². The Morgan fingerprint density at radius 2 is 1.81 bits per heavy atom. The molecule has 6 nitrogen and oxygen atoms in total. The molecule has 1 saturated carbocycles. The van der Waals surface area contributed by atoms with E-state index in [2.05, 4.69) is 10.3 Å². The molecule has 2 aromatic carbocycles. The van der Waals surface area contributed by atoms with Crippen molar-refractivity contribution < 1.29 is 19.5 Å². The highest BCUT2D eigenvalue weighted by atomic mass is 32.2. The number of aliphatic carboxylic acids is 1. The summed E-state index contributed by atoms with van der Waals surface area (Å²) in [5.41, 5.74) is 2.12. The molecule has 2 N–H and O–H groups in total. The molecule has 1 heterocycles. The third-order valence-electron chi connectivity index (χ3n) is 5.48. The van der Waals surface area contributed by atoms with Gasteiger partial charge >= 0.3 is 5.97 Å². The number of benzene rings is 2. The van der Waals surface area contributed by atoms with Gasteiger partial charge in [0, 0.05) is 11.3 Å². The molecule has 1 aliphatic carbocycles. The molecular formula is C23H22N2O4S2. The molecule has 3 aromatic rings. The molecule has 1 aliphatic rings. The molecule has 4 rings (SSSR count). The lowest BCUT2D eigenvalue weighted by atomic mass is 9.78. The number of rotatable bonds is 7. The lowest BCUT2D eigenvalue weighted by Gasteiger charge is -2.27. The smallest absolute Gasteiger partial charge is 0.307 e. The van der Waals surface area contributed by atoms with E-state index >= 15 is 0 Å². The number of fused-ring (bicyclic) bond motifs is 1. The third-order valence-corrected chi connectivity index (χ3v) is 7.64. The number of carboxylic acid groups (broad SMARTS) is 1.